The molecule has 1 aliphatic heterocycles. The van der Waals surface area contributed by atoms with Crippen LogP contribution in [0.1, 0.15) is 32.1 Å². The van der Waals surface area contributed by atoms with Crippen molar-refractivity contribution in [2.75, 3.05) is 6.54 Å². The average molecular weight is 360 g/mol. The number of aromatic nitrogens is 2. The first kappa shape index (κ1) is 17.1. The van der Waals surface area contributed by atoms with Gasteiger partial charge in [-0.25, -0.2) is 4.98 Å². The molecule has 7 heteroatoms. The minimum atomic E-state index is -0.278. The summed E-state index contributed by atoms with van der Waals surface area (Å²) in [5, 5.41) is 14.8. The number of aliphatic hydroxyl groups is 1. The Morgan fingerprint density at radius 1 is 1.44 bits per heavy atom. The molecule has 2 N–H and O–H groups in total. The molecule has 25 heavy (non-hydrogen) atoms. The number of fused-ring (bicyclic) bond motifs is 1. The van der Waals surface area contributed by atoms with E-state index in [1.807, 2.05) is 13.9 Å². The van der Waals surface area contributed by atoms with Crippen LogP contribution in [0.3, 0.4) is 0 Å². The van der Waals surface area contributed by atoms with Crippen molar-refractivity contribution in [3.8, 4) is 0 Å². The van der Waals surface area contributed by atoms with Crippen molar-refractivity contribution in [1.82, 2.24) is 14.9 Å². The van der Waals surface area contributed by atoms with Crippen LogP contribution in [-0.2, 0) is 6.54 Å². The fraction of sp³-hybridized carbons (Fsp3) is 0.556. The van der Waals surface area contributed by atoms with Crippen LogP contribution >= 0.6 is 11.6 Å². The molecule has 4 rings (SSSR count). The Hall–Kier alpha value is -1.37. The minimum absolute atomic E-state index is 0.0321. The van der Waals surface area contributed by atoms with E-state index >= 15 is 0 Å². The second kappa shape index (κ2) is 6.42. The molecule has 0 radical (unpaired) electrons. The topological polar surface area (TPSA) is 67.2 Å². The minimum Gasteiger partial charge on any atom is -0.392 e. The number of halogens is 1. The van der Waals surface area contributed by atoms with Gasteiger partial charge in [0, 0.05) is 17.6 Å². The third kappa shape index (κ3) is 3.35. The maximum absolute atomic E-state index is 12.9. The lowest BCUT2D eigenvalue weighted by Gasteiger charge is -2.32. The van der Waals surface area contributed by atoms with E-state index in [0.717, 1.165) is 44.1 Å². The van der Waals surface area contributed by atoms with Gasteiger partial charge in [0.25, 0.3) is 5.56 Å². The van der Waals surface area contributed by atoms with Crippen molar-refractivity contribution >= 4 is 35.8 Å². The molecular weight excluding hydrogens is 336 g/mol. The van der Waals surface area contributed by atoms with E-state index < -0.39 is 0 Å². The largest absolute Gasteiger partial charge is 0.392 e. The van der Waals surface area contributed by atoms with Crippen LogP contribution in [-0.4, -0.2) is 41.2 Å². The van der Waals surface area contributed by atoms with E-state index in [-0.39, 0.29) is 23.1 Å². The Bertz CT molecular complexity index is 865. The van der Waals surface area contributed by atoms with Crippen molar-refractivity contribution in [2.45, 2.75) is 50.8 Å². The lowest BCUT2D eigenvalue weighted by molar-refractivity contribution is 0.0793. The van der Waals surface area contributed by atoms with Crippen molar-refractivity contribution in [3.63, 3.8) is 0 Å². The molecule has 2 unspecified atom stereocenters. The van der Waals surface area contributed by atoms with Crippen LogP contribution in [0.2, 0.25) is 5.02 Å². The van der Waals surface area contributed by atoms with E-state index in [4.69, 9.17) is 11.6 Å². The molecule has 132 valence electrons. The van der Waals surface area contributed by atoms with Crippen LogP contribution in [0.25, 0.3) is 10.9 Å². The number of rotatable bonds is 4. The molecule has 1 saturated carbocycles. The van der Waals surface area contributed by atoms with Crippen molar-refractivity contribution < 1.29 is 5.11 Å². The summed E-state index contributed by atoms with van der Waals surface area (Å²) >= 11 is 6.19. The molecule has 0 bridgehead atoms. The first-order valence-corrected chi connectivity index (χ1v) is 9.42. The lowest BCUT2D eigenvalue weighted by Crippen LogP contribution is -2.46. The Labute approximate surface area is 152 Å². The Morgan fingerprint density at radius 3 is 2.96 bits per heavy atom. The van der Waals surface area contributed by atoms with Crippen molar-refractivity contribution in [2.24, 2.45) is 5.41 Å². The third-order valence-corrected chi connectivity index (χ3v) is 6.18. The number of piperidine rings is 1. The SMILES string of the molecule is Bc1cc2ncn(CC3(CC4NCCCC4O)CC3)c(=O)c2cc1Cl. The molecule has 1 aromatic heterocycles. The van der Waals surface area contributed by atoms with Gasteiger partial charge >= 0.3 is 0 Å². The van der Waals surface area contributed by atoms with Gasteiger partial charge in [-0.05, 0) is 56.2 Å². The highest BCUT2D eigenvalue weighted by atomic mass is 35.5. The lowest BCUT2D eigenvalue weighted by atomic mass is 9.89. The molecule has 1 saturated heterocycles. The highest BCUT2D eigenvalue weighted by Gasteiger charge is 2.46. The van der Waals surface area contributed by atoms with E-state index in [0.29, 0.717) is 22.5 Å². The summed E-state index contributed by atoms with van der Waals surface area (Å²) in [5.74, 6) is 0. The maximum atomic E-state index is 12.9. The van der Waals surface area contributed by atoms with E-state index in [1.165, 1.54) is 0 Å². The van der Waals surface area contributed by atoms with Gasteiger partial charge in [-0.1, -0.05) is 17.1 Å². The third-order valence-electron chi connectivity index (χ3n) is 5.77. The molecule has 1 aliphatic carbocycles. The molecule has 0 spiro atoms. The molecule has 1 aromatic carbocycles. The van der Waals surface area contributed by atoms with Crippen LogP contribution in [0.15, 0.2) is 23.3 Å². The molecule has 2 atom stereocenters. The molecular formula is C18H23BClN3O2. The van der Waals surface area contributed by atoms with Crippen LogP contribution in [0.4, 0.5) is 0 Å². The summed E-state index contributed by atoms with van der Waals surface area (Å²) in [7, 11) is 1.91. The van der Waals surface area contributed by atoms with E-state index in [2.05, 4.69) is 10.3 Å². The molecule has 2 aromatic rings. The number of hydrogen-bond donors (Lipinski definition) is 2. The first-order valence-electron chi connectivity index (χ1n) is 9.04. The van der Waals surface area contributed by atoms with Gasteiger partial charge in [-0.2, -0.15) is 0 Å². The zero-order valence-electron chi connectivity index (χ0n) is 14.5. The van der Waals surface area contributed by atoms with Crippen molar-refractivity contribution in [3.05, 3.63) is 33.8 Å². The summed E-state index contributed by atoms with van der Waals surface area (Å²) in [6, 6.07) is 3.72. The van der Waals surface area contributed by atoms with Crippen LogP contribution in [0.5, 0.6) is 0 Å². The summed E-state index contributed by atoms with van der Waals surface area (Å²) in [5.41, 5.74) is 1.69. The second-order valence-corrected chi connectivity index (χ2v) is 8.18. The Balaban J connectivity index is 1.59. The Morgan fingerprint density at radius 2 is 2.24 bits per heavy atom. The zero-order chi connectivity index (χ0) is 17.6. The highest BCUT2D eigenvalue weighted by Crippen LogP contribution is 2.51. The standard InChI is InChI=1S/C18H23BClN3O2/c19-12-7-14-11(6-13(12)20)17(25)23(10-22-14)9-18(3-4-18)8-15-16(24)2-1-5-21-15/h6-7,10,15-16,21,24H,1-5,8-9,19H2. The van der Waals surface area contributed by atoms with E-state index in [1.54, 1.807) is 17.0 Å². The van der Waals surface area contributed by atoms with E-state index in [9.17, 15) is 9.90 Å². The fourth-order valence-electron chi connectivity index (χ4n) is 3.97. The first-order chi connectivity index (χ1) is 12.0. The quantitative estimate of drug-likeness (QED) is 0.784. The normalized spacial score (nSPS) is 25.2. The van der Waals surface area contributed by atoms with Gasteiger partial charge in [-0.3, -0.25) is 9.36 Å². The van der Waals surface area contributed by atoms with Gasteiger partial charge in [0.15, 0.2) is 0 Å². The number of nitrogens with one attached hydrogen (secondary N) is 1. The summed E-state index contributed by atoms with van der Waals surface area (Å²) in [6.07, 6.45) is 6.37. The maximum Gasteiger partial charge on any atom is 0.261 e. The summed E-state index contributed by atoms with van der Waals surface area (Å²) < 4.78 is 1.72. The van der Waals surface area contributed by atoms with Crippen LogP contribution in [0, 0.1) is 5.41 Å². The zero-order valence-corrected chi connectivity index (χ0v) is 15.2. The summed E-state index contributed by atoms with van der Waals surface area (Å²) in [6.45, 7) is 1.62. The number of nitrogens with zero attached hydrogens (tertiary/aromatic N) is 2. The smallest absolute Gasteiger partial charge is 0.261 e. The number of benzene rings is 1. The average Bonchev–Trinajstić information content (AvgIpc) is 3.34. The van der Waals surface area contributed by atoms with Gasteiger partial charge < -0.3 is 10.4 Å². The van der Waals surface area contributed by atoms with Gasteiger partial charge in [0.1, 0.15) is 7.85 Å². The molecule has 0 amide bonds. The predicted octanol–water partition coefficient (Wildman–Crippen LogP) is 0.591. The predicted molar refractivity (Wildman–Crippen MR) is 103 cm³/mol. The van der Waals surface area contributed by atoms with Gasteiger partial charge in [0.2, 0.25) is 0 Å². The molecule has 2 fully saturated rings. The fourth-order valence-corrected chi connectivity index (χ4v) is 4.14. The van der Waals surface area contributed by atoms with Gasteiger partial charge in [0.05, 0.1) is 23.3 Å². The number of aliphatic hydroxyl groups excluding tert-OH is 1. The van der Waals surface area contributed by atoms with Gasteiger partial charge in [-0.15, -0.1) is 0 Å². The van der Waals surface area contributed by atoms with Crippen LogP contribution < -0.4 is 16.3 Å². The molecule has 5 nitrogen and oxygen atoms in total. The highest BCUT2D eigenvalue weighted by molar-refractivity contribution is 6.45. The number of hydrogen-bond acceptors (Lipinski definition) is 4. The van der Waals surface area contributed by atoms with Crippen molar-refractivity contribution in [1.29, 1.82) is 0 Å². The molecule has 2 aliphatic rings. The second-order valence-electron chi connectivity index (χ2n) is 7.77. The monoisotopic (exact) mass is 359 g/mol. The molecule has 2 heterocycles. The summed E-state index contributed by atoms with van der Waals surface area (Å²) in [4.78, 5) is 17.3. The Kier molecular flexibility index (Phi) is 4.38.